The van der Waals surface area contributed by atoms with Crippen LogP contribution in [0.15, 0.2) is 6.07 Å². The second-order valence-corrected chi connectivity index (χ2v) is 12.5. The van der Waals surface area contributed by atoms with Gasteiger partial charge in [0.2, 0.25) is 11.8 Å². The Labute approximate surface area is 233 Å². The molecule has 0 aliphatic carbocycles. The molecule has 1 unspecified atom stereocenters. The third-order valence-electron chi connectivity index (χ3n) is 8.62. The van der Waals surface area contributed by atoms with Crippen LogP contribution in [0.2, 0.25) is 0 Å². The van der Waals surface area contributed by atoms with Crippen molar-refractivity contribution in [1.29, 1.82) is 0 Å². The molecule has 2 aromatic rings. The highest BCUT2D eigenvalue weighted by atomic mass is 32.1. The van der Waals surface area contributed by atoms with E-state index in [1.807, 2.05) is 38.7 Å². The second-order valence-electron chi connectivity index (χ2n) is 11.5. The molecule has 3 aliphatic heterocycles. The van der Waals surface area contributed by atoms with Crippen molar-refractivity contribution >= 4 is 50.3 Å². The minimum Gasteiger partial charge on any atom is -0.341 e. The zero-order chi connectivity index (χ0) is 28.1. The molecule has 10 nitrogen and oxygen atoms in total. The first-order chi connectivity index (χ1) is 18.5. The van der Waals surface area contributed by atoms with Crippen LogP contribution >= 0.6 is 11.3 Å². The van der Waals surface area contributed by atoms with E-state index in [1.54, 1.807) is 7.05 Å². The number of anilines is 1. The zero-order valence-electron chi connectivity index (χ0n) is 23.4. The molecule has 0 bridgehead atoms. The highest BCUT2D eigenvalue weighted by Crippen LogP contribution is 2.43. The van der Waals surface area contributed by atoms with E-state index in [-0.39, 0.29) is 35.8 Å². The molecular weight excluding hydrogens is 516 g/mol. The third-order valence-corrected chi connectivity index (χ3v) is 9.63. The molecule has 210 valence electrons. The van der Waals surface area contributed by atoms with E-state index in [0.29, 0.717) is 36.6 Å². The summed E-state index contributed by atoms with van der Waals surface area (Å²) in [6.45, 7) is 10.4. The van der Waals surface area contributed by atoms with Crippen molar-refractivity contribution < 1.29 is 19.2 Å². The molecule has 11 heteroatoms. The van der Waals surface area contributed by atoms with E-state index in [1.165, 1.54) is 16.2 Å². The van der Waals surface area contributed by atoms with E-state index in [0.717, 1.165) is 53.7 Å². The van der Waals surface area contributed by atoms with Crippen LogP contribution in [-0.2, 0) is 9.59 Å². The average Bonchev–Trinajstić information content (AvgIpc) is 3.36. The number of aromatic nitrogens is 1. The molecule has 3 saturated heterocycles. The van der Waals surface area contributed by atoms with E-state index in [2.05, 4.69) is 20.5 Å². The minimum atomic E-state index is -0.606. The summed E-state index contributed by atoms with van der Waals surface area (Å²) in [5.41, 5.74) is 1.78. The first-order valence-electron chi connectivity index (χ1n) is 13.8. The third kappa shape index (κ3) is 4.91. The number of nitrogens with one attached hydrogen (secondary N) is 2. The lowest BCUT2D eigenvalue weighted by Crippen LogP contribution is -2.54. The van der Waals surface area contributed by atoms with Crippen molar-refractivity contribution in [1.82, 2.24) is 25.0 Å². The Kier molecular flexibility index (Phi) is 7.41. The van der Waals surface area contributed by atoms with Gasteiger partial charge in [-0.25, -0.2) is 9.78 Å². The Hall–Kier alpha value is -3.05. The van der Waals surface area contributed by atoms with E-state index in [9.17, 15) is 19.2 Å². The number of pyridine rings is 1. The van der Waals surface area contributed by atoms with Crippen molar-refractivity contribution in [2.45, 2.75) is 71.9 Å². The van der Waals surface area contributed by atoms with Gasteiger partial charge in [-0.05, 0) is 71.6 Å². The van der Waals surface area contributed by atoms with Gasteiger partial charge in [0.05, 0.1) is 11.0 Å². The summed E-state index contributed by atoms with van der Waals surface area (Å²) in [7, 11) is 1.54. The number of urea groups is 1. The largest absolute Gasteiger partial charge is 0.341 e. The van der Waals surface area contributed by atoms with Crippen molar-refractivity contribution in [2.75, 3.05) is 38.5 Å². The smallest absolute Gasteiger partial charge is 0.319 e. The second kappa shape index (κ2) is 10.5. The van der Waals surface area contributed by atoms with Crippen LogP contribution in [0.1, 0.15) is 67.6 Å². The molecule has 0 radical (unpaired) electrons. The minimum absolute atomic E-state index is 0.0144. The molecule has 1 atom stereocenters. The zero-order valence-corrected chi connectivity index (χ0v) is 24.2. The number of imide groups is 1. The van der Waals surface area contributed by atoms with Crippen molar-refractivity contribution in [3.8, 4) is 0 Å². The van der Waals surface area contributed by atoms with Gasteiger partial charge in [-0.2, -0.15) is 0 Å². The van der Waals surface area contributed by atoms with Gasteiger partial charge >= 0.3 is 6.03 Å². The number of fused-ring (bicyclic) bond motifs is 1. The van der Waals surface area contributed by atoms with Gasteiger partial charge in [0.15, 0.2) is 0 Å². The van der Waals surface area contributed by atoms with E-state index in [4.69, 9.17) is 0 Å². The maximum absolute atomic E-state index is 13.9. The molecule has 5 amide bonds. The highest BCUT2D eigenvalue weighted by molar-refractivity contribution is 7.23. The molecular formula is C28H38N6O4S. The van der Waals surface area contributed by atoms with Gasteiger partial charge in [-0.3, -0.25) is 29.5 Å². The summed E-state index contributed by atoms with van der Waals surface area (Å²) in [6, 6.07) is 1.75. The fourth-order valence-electron chi connectivity index (χ4n) is 6.41. The number of carbonyl (C=O) groups is 4. The lowest BCUT2D eigenvalue weighted by molar-refractivity contribution is -0.145. The molecule has 39 heavy (non-hydrogen) atoms. The molecule has 2 aromatic heterocycles. The first-order valence-corrected chi connectivity index (χ1v) is 14.7. The molecule has 3 fully saturated rings. The fourth-order valence-corrected chi connectivity index (χ4v) is 7.50. The summed E-state index contributed by atoms with van der Waals surface area (Å²) in [5.74, 6) is -0.170. The standard InChI is InChI=1S/C28H38N6O4S/c1-16(2)34-21(35)14-28(26(34)37)9-6-10-33(15-28)19-7-11-32(12-8-19)25(36)22-20-13-17(3)18(4)30-23(20)39-24(22)31-27(38)29-5/h13,16,19H,6-12,14-15H2,1-5H3,(H2,29,31,38). The number of aryl methyl sites for hydroxylation is 2. The number of carbonyl (C=O) groups excluding carboxylic acids is 4. The summed E-state index contributed by atoms with van der Waals surface area (Å²) in [4.78, 5) is 63.1. The Morgan fingerprint density at radius 3 is 2.51 bits per heavy atom. The van der Waals surface area contributed by atoms with E-state index < -0.39 is 5.41 Å². The van der Waals surface area contributed by atoms with Crippen LogP contribution < -0.4 is 10.6 Å². The molecule has 1 spiro atoms. The van der Waals surface area contributed by atoms with Crippen LogP contribution in [0.4, 0.5) is 9.80 Å². The summed E-state index contributed by atoms with van der Waals surface area (Å²) < 4.78 is 0. The average molecular weight is 555 g/mol. The Morgan fingerprint density at radius 2 is 1.87 bits per heavy atom. The van der Waals surface area contributed by atoms with Gasteiger partial charge in [0.25, 0.3) is 5.91 Å². The SMILES string of the molecule is CNC(=O)Nc1sc2nc(C)c(C)cc2c1C(=O)N1CCC(N2CCCC3(CC(=O)N(C(C)C)C3=O)C2)CC1. The van der Waals surface area contributed by atoms with Crippen molar-refractivity contribution in [3.05, 3.63) is 22.9 Å². The van der Waals surface area contributed by atoms with E-state index >= 15 is 0 Å². The fraction of sp³-hybridized carbons (Fsp3) is 0.607. The predicted molar refractivity (Wildman–Crippen MR) is 151 cm³/mol. The van der Waals surface area contributed by atoms with Crippen LogP contribution in [0.3, 0.4) is 0 Å². The van der Waals surface area contributed by atoms with Gasteiger partial charge in [0, 0.05) is 56.3 Å². The number of likely N-dealkylation sites (tertiary alicyclic amines) is 3. The summed E-state index contributed by atoms with van der Waals surface area (Å²) in [6.07, 6.45) is 3.55. The summed E-state index contributed by atoms with van der Waals surface area (Å²) in [5, 5.41) is 6.65. The molecule has 5 rings (SSSR count). The molecule has 0 aromatic carbocycles. The maximum atomic E-state index is 13.9. The number of rotatable bonds is 4. The topological polar surface area (TPSA) is 115 Å². The first kappa shape index (κ1) is 27.5. The van der Waals surface area contributed by atoms with Gasteiger partial charge in [-0.15, -0.1) is 0 Å². The lowest BCUT2D eigenvalue weighted by Gasteiger charge is -2.45. The quantitative estimate of drug-likeness (QED) is 0.559. The van der Waals surface area contributed by atoms with Crippen LogP contribution in [-0.4, -0.2) is 88.7 Å². The van der Waals surface area contributed by atoms with Gasteiger partial charge < -0.3 is 10.2 Å². The highest BCUT2D eigenvalue weighted by Gasteiger charge is 2.54. The number of hydrogen-bond donors (Lipinski definition) is 2. The van der Waals surface area contributed by atoms with Crippen LogP contribution in [0.5, 0.6) is 0 Å². The Bertz CT molecular complexity index is 1330. The monoisotopic (exact) mass is 554 g/mol. The van der Waals surface area contributed by atoms with Crippen molar-refractivity contribution in [2.24, 2.45) is 5.41 Å². The summed E-state index contributed by atoms with van der Waals surface area (Å²) >= 11 is 1.32. The van der Waals surface area contributed by atoms with Crippen LogP contribution in [0, 0.1) is 19.3 Å². The van der Waals surface area contributed by atoms with Crippen LogP contribution in [0.25, 0.3) is 10.2 Å². The number of nitrogens with zero attached hydrogens (tertiary/aromatic N) is 4. The number of hydrogen-bond acceptors (Lipinski definition) is 7. The molecule has 5 heterocycles. The van der Waals surface area contributed by atoms with Crippen molar-refractivity contribution in [3.63, 3.8) is 0 Å². The predicted octanol–water partition coefficient (Wildman–Crippen LogP) is 3.52. The Morgan fingerprint density at radius 1 is 1.15 bits per heavy atom. The van der Waals surface area contributed by atoms with Gasteiger partial charge in [0.1, 0.15) is 9.83 Å². The number of thiophene rings is 1. The molecule has 0 saturated carbocycles. The molecule has 2 N–H and O–H groups in total. The lowest BCUT2D eigenvalue weighted by atomic mass is 9.77. The maximum Gasteiger partial charge on any atom is 0.319 e. The van der Waals surface area contributed by atoms with Gasteiger partial charge in [-0.1, -0.05) is 11.3 Å². The number of amides is 5. The normalized spacial score (nSPS) is 22.9. The number of piperidine rings is 2. The molecule has 3 aliphatic rings. The Balaban J connectivity index is 1.31.